The Morgan fingerprint density at radius 1 is 1.13 bits per heavy atom. The third kappa shape index (κ3) is 2.38. The van der Waals surface area contributed by atoms with Gasteiger partial charge in [0.05, 0.1) is 0 Å². The van der Waals surface area contributed by atoms with Gasteiger partial charge in [-0.25, -0.2) is 4.98 Å². The zero-order valence-corrected chi connectivity index (χ0v) is 10.2. The van der Waals surface area contributed by atoms with E-state index in [0.29, 0.717) is 0 Å². The van der Waals surface area contributed by atoms with Gasteiger partial charge in [-0.1, -0.05) is 46.8 Å². The number of benzene rings is 1. The van der Waals surface area contributed by atoms with Crippen LogP contribution in [0.5, 0.6) is 0 Å². The van der Waals surface area contributed by atoms with Crippen LogP contribution in [-0.4, -0.2) is 4.98 Å². The van der Waals surface area contributed by atoms with Crippen LogP contribution >= 0.6 is 0 Å². The van der Waals surface area contributed by atoms with E-state index in [0.717, 1.165) is 11.1 Å². The van der Waals surface area contributed by atoms with E-state index in [-0.39, 0.29) is 5.41 Å². The van der Waals surface area contributed by atoms with Gasteiger partial charge in [0.25, 0.3) is 0 Å². The summed E-state index contributed by atoms with van der Waals surface area (Å²) in [7, 11) is 0. The van der Waals surface area contributed by atoms with Crippen LogP contribution in [-0.2, 0) is 5.41 Å². The van der Waals surface area contributed by atoms with Crippen molar-refractivity contribution < 1.29 is 4.42 Å². The molecule has 0 aliphatic carbocycles. The monoisotopic (exact) mass is 205 g/mol. The van der Waals surface area contributed by atoms with Crippen LogP contribution in [0, 0.1) is 0 Å². The molecule has 0 radical (unpaired) electrons. The summed E-state index contributed by atoms with van der Waals surface area (Å²) >= 11 is 0. The number of rotatable bonds is 0. The molecule has 0 aliphatic rings. The highest BCUT2D eigenvalue weighted by Crippen LogP contribution is 2.28. The standard InChI is InChI=1S/C11H13NO.C2H6/c1-11(2,3)8-5-4-6-9-10(8)13-7-12-9;1-2/h4-7H,1-3H3;1-2H3. The molecule has 1 heterocycles. The molecule has 82 valence electrons. The van der Waals surface area contributed by atoms with Crippen molar-refractivity contribution >= 4 is 11.1 Å². The molecule has 0 fully saturated rings. The van der Waals surface area contributed by atoms with Crippen LogP contribution in [0.3, 0.4) is 0 Å². The summed E-state index contributed by atoms with van der Waals surface area (Å²) in [5.41, 5.74) is 3.17. The summed E-state index contributed by atoms with van der Waals surface area (Å²) < 4.78 is 5.36. The molecule has 0 bridgehead atoms. The van der Waals surface area contributed by atoms with Gasteiger partial charge in [-0.05, 0) is 11.5 Å². The van der Waals surface area contributed by atoms with Gasteiger partial charge in [0.15, 0.2) is 12.0 Å². The van der Waals surface area contributed by atoms with E-state index in [2.05, 4.69) is 31.8 Å². The zero-order valence-electron chi connectivity index (χ0n) is 10.2. The topological polar surface area (TPSA) is 26.0 Å². The summed E-state index contributed by atoms with van der Waals surface area (Å²) in [5.74, 6) is 0. The van der Waals surface area contributed by atoms with Crippen molar-refractivity contribution in [1.82, 2.24) is 4.98 Å². The SMILES string of the molecule is CC.CC(C)(C)c1cccc2ncoc12. The van der Waals surface area contributed by atoms with Crippen molar-refractivity contribution in [2.75, 3.05) is 0 Å². The second kappa shape index (κ2) is 4.47. The minimum Gasteiger partial charge on any atom is -0.443 e. The van der Waals surface area contributed by atoms with E-state index in [9.17, 15) is 0 Å². The predicted molar refractivity (Wildman–Crippen MR) is 64.1 cm³/mol. The molecular formula is C13H19NO. The highest BCUT2D eigenvalue weighted by atomic mass is 16.3. The summed E-state index contributed by atoms with van der Waals surface area (Å²) in [5, 5.41) is 0. The Morgan fingerprint density at radius 3 is 2.40 bits per heavy atom. The van der Waals surface area contributed by atoms with Gasteiger partial charge in [-0.2, -0.15) is 0 Å². The van der Waals surface area contributed by atoms with Crippen molar-refractivity contribution in [1.29, 1.82) is 0 Å². The van der Waals surface area contributed by atoms with Gasteiger partial charge in [-0.3, -0.25) is 0 Å². The van der Waals surface area contributed by atoms with E-state index >= 15 is 0 Å². The van der Waals surface area contributed by atoms with E-state index in [1.807, 2.05) is 26.0 Å². The molecule has 0 unspecified atom stereocenters. The lowest BCUT2D eigenvalue weighted by atomic mass is 9.86. The molecule has 0 spiro atoms. The fraction of sp³-hybridized carbons (Fsp3) is 0.462. The highest BCUT2D eigenvalue weighted by molar-refractivity contribution is 5.76. The maximum Gasteiger partial charge on any atom is 0.181 e. The van der Waals surface area contributed by atoms with Crippen molar-refractivity contribution in [2.45, 2.75) is 40.0 Å². The Hall–Kier alpha value is -1.31. The number of hydrogen-bond donors (Lipinski definition) is 0. The molecule has 1 aromatic carbocycles. The Labute approximate surface area is 91.3 Å². The molecule has 0 N–H and O–H groups in total. The molecule has 0 atom stereocenters. The fourth-order valence-electron chi connectivity index (χ4n) is 1.48. The quantitative estimate of drug-likeness (QED) is 0.645. The van der Waals surface area contributed by atoms with Crippen LogP contribution < -0.4 is 0 Å². The van der Waals surface area contributed by atoms with E-state index in [1.165, 1.54) is 12.0 Å². The molecular weight excluding hydrogens is 186 g/mol. The minimum absolute atomic E-state index is 0.110. The van der Waals surface area contributed by atoms with Crippen LogP contribution in [0.2, 0.25) is 0 Å². The highest BCUT2D eigenvalue weighted by Gasteiger charge is 2.18. The molecule has 1 aromatic heterocycles. The van der Waals surface area contributed by atoms with Gasteiger partial charge >= 0.3 is 0 Å². The lowest BCUT2D eigenvalue weighted by molar-refractivity contribution is 0.554. The average Bonchev–Trinajstić information content (AvgIpc) is 2.66. The Balaban J connectivity index is 0.000000531. The summed E-state index contributed by atoms with van der Waals surface area (Å²) in [6.45, 7) is 10.5. The van der Waals surface area contributed by atoms with E-state index in [4.69, 9.17) is 4.42 Å². The third-order valence-corrected chi connectivity index (χ3v) is 2.16. The maximum absolute atomic E-state index is 5.36. The van der Waals surface area contributed by atoms with Gasteiger partial charge in [0.2, 0.25) is 0 Å². The van der Waals surface area contributed by atoms with E-state index in [1.54, 1.807) is 0 Å². The zero-order chi connectivity index (χ0) is 11.5. The van der Waals surface area contributed by atoms with Crippen LogP contribution in [0.1, 0.15) is 40.2 Å². The van der Waals surface area contributed by atoms with Crippen molar-refractivity contribution in [3.63, 3.8) is 0 Å². The largest absolute Gasteiger partial charge is 0.443 e. The molecule has 0 amide bonds. The molecule has 0 saturated carbocycles. The normalized spacial score (nSPS) is 11.0. The lowest BCUT2D eigenvalue weighted by Gasteiger charge is -2.18. The Bertz CT molecular complexity index is 423. The minimum atomic E-state index is 0.110. The summed E-state index contributed by atoms with van der Waals surface area (Å²) in [6.07, 6.45) is 1.50. The second-order valence-corrected chi connectivity index (χ2v) is 4.26. The van der Waals surface area contributed by atoms with Gasteiger partial charge < -0.3 is 4.42 Å². The van der Waals surface area contributed by atoms with Crippen molar-refractivity contribution in [3.8, 4) is 0 Å². The Morgan fingerprint density at radius 2 is 1.80 bits per heavy atom. The number of nitrogens with zero attached hydrogens (tertiary/aromatic N) is 1. The molecule has 2 heteroatoms. The smallest absolute Gasteiger partial charge is 0.181 e. The first-order valence-electron chi connectivity index (χ1n) is 5.42. The van der Waals surface area contributed by atoms with Gasteiger partial charge in [0, 0.05) is 5.56 Å². The fourth-order valence-corrected chi connectivity index (χ4v) is 1.48. The van der Waals surface area contributed by atoms with Crippen LogP contribution in [0.4, 0.5) is 0 Å². The number of para-hydroxylation sites is 1. The van der Waals surface area contributed by atoms with Crippen LogP contribution in [0.15, 0.2) is 29.0 Å². The maximum atomic E-state index is 5.36. The summed E-state index contributed by atoms with van der Waals surface area (Å²) in [6, 6.07) is 6.08. The third-order valence-electron chi connectivity index (χ3n) is 2.16. The average molecular weight is 205 g/mol. The first-order valence-corrected chi connectivity index (χ1v) is 5.42. The Kier molecular flexibility index (Phi) is 3.51. The first-order chi connectivity index (χ1) is 7.09. The molecule has 2 rings (SSSR count). The lowest BCUT2D eigenvalue weighted by Crippen LogP contribution is -2.10. The number of hydrogen-bond acceptors (Lipinski definition) is 2. The van der Waals surface area contributed by atoms with Crippen LogP contribution in [0.25, 0.3) is 11.1 Å². The molecule has 2 nitrogen and oxygen atoms in total. The molecule has 0 saturated heterocycles. The molecule has 0 aliphatic heterocycles. The molecule has 15 heavy (non-hydrogen) atoms. The second-order valence-electron chi connectivity index (χ2n) is 4.26. The van der Waals surface area contributed by atoms with E-state index < -0.39 is 0 Å². The van der Waals surface area contributed by atoms with Gasteiger partial charge in [0.1, 0.15) is 5.52 Å². The predicted octanol–water partition coefficient (Wildman–Crippen LogP) is 4.15. The first kappa shape index (κ1) is 11.8. The van der Waals surface area contributed by atoms with Crippen molar-refractivity contribution in [3.05, 3.63) is 30.2 Å². The van der Waals surface area contributed by atoms with Crippen molar-refractivity contribution in [2.24, 2.45) is 0 Å². The number of oxazole rings is 1. The molecule has 2 aromatic rings. The summed E-state index contributed by atoms with van der Waals surface area (Å²) in [4.78, 5) is 4.13. The number of fused-ring (bicyclic) bond motifs is 1. The van der Waals surface area contributed by atoms with Gasteiger partial charge in [-0.15, -0.1) is 0 Å². The number of aromatic nitrogens is 1.